The summed E-state index contributed by atoms with van der Waals surface area (Å²) in [6.07, 6.45) is 2.72. The maximum atomic E-state index is 13.3. The van der Waals surface area contributed by atoms with Crippen molar-refractivity contribution < 1.29 is 4.39 Å². The van der Waals surface area contributed by atoms with Crippen molar-refractivity contribution in [1.82, 2.24) is 9.97 Å². The number of anilines is 1. The minimum atomic E-state index is -0.776. The molecule has 94 valence electrons. The van der Waals surface area contributed by atoms with Crippen LogP contribution in [0.2, 0.25) is 5.15 Å². The first-order chi connectivity index (χ1) is 8.58. The Bertz CT molecular complexity index is 622. The Kier molecular flexibility index (Phi) is 3.05. The van der Waals surface area contributed by atoms with E-state index in [0.717, 1.165) is 20.2 Å². The van der Waals surface area contributed by atoms with E-state index < -0.39 is 6.17 Å². The molecule has 0 unspecified atom stereocenters. The molecule has 3 heterocycles. The van der Waals surface area contributed by atoms with Crippen molar-refractivity contribution in [2.24, 2.45) is 0 Å². The molecule has 3 rings (SSSR count). The molecule has 0 amide bonds. The zero-order valence-electron chi connectivity index (χ0n) is 9.57. The third kappa shape index (κ3) is 1.84. The highest BCUT2D eigenvalue weighted by Gasteiger charge is 2.37. The SMILES string of the molecule is C[C@@H]1[C@H](F)CN1c1ncc(I)c2cc(Cl)ncc12. The highest BCUT2D eigenvalue weighted by molar-refractivity contribution is 14.1. The predicted molar refractivity (Wildman–Crippen MR) is 79.0 cm³/mol. The largest absolute Gasteiger partial charge is 0.347 e. The van der Waals surface area contributed by atoms with Gasteiger partial charge in [-0.2, -0.15) is 0 Å². The number of pyridine rings is 2. The van der Waals surface area contributed by atoms with E-state index >= 15 is 0 Å². The fraction of sp³-hybridized carbons (Fsp3) is 0.333. The van der Waals surface area contributed by atoms with E-state index in [1.807, 2.05) is 17.9 Å². The van der Waals surface area contributed by atoms with E-state index in [-0.39, 0.29) is 6.04 Å². The predicted octanol–water partition coefficient (Wildman–Crippen LogP) is 3.43. The molecule has 1 aliphatic rings. The summed E-state index contributed by atoms with van der Waals surface area (Å²) >= 11 is 8.13. The van der Waals surface area contributed by atoms with Crippen LogP contribution in [0.1, 0.15) is 6.92 Å². The van der Waals surface area contributed by atoms with Crippen LogP contribution in [0.3, 0.4) is 0 Å². The molecule has 2 aromatic rings. The van der Waals surface area contributed by atoms with E-state index in [4.69, 9.17) is 11.6 Å². The molecule has 0 bridgehead atoms. The molecule has 1 aliphatic heterocycles. The molecule has 2 atom stereocenters. The molecule has 3 nitrogen and oxygen atoms in total. The number of hydrogen-bond acceptors (Lipinski definition) is 3. The fourth-order valence-electron chi connectivity index (χ4n) is 2.13. The maximum Gasteiger partial charge on any atom is 0.138 e. The normalized spacial score (nSPS) is 23.2. The molecule has 0 saturated carbocycles. The Balaban J connectivity index is 2.16. The number of fused-ring (bicyclic) bond motifs is 1. The monoisotopic (exact) mass is 377 g/mol. The second-order valence-corrected chi connectivity index (χ2v) is 5.94. The van der Waals surface area contributed by atoms with E-state index in [1.54, 1.807) is 12.4 Å². The maximum absolute atomic E-state index is 13.3. The van der Waals surface area contributed by atoms with Crippen molar-refractivity contribution in [3.63, 3.8) is 0 Å². The average molecular weight is 378 g/mol. The van der Waals surface area contributed by atoms with Gasteiger partial charge in [0.25, 0.3) is 0 Å². The molecule has 6 heteroatoms. The van der Waals surface area contributed by atoms with Crippen molar-refractivity contribution in [2.45, 2.75) is 19.1 Å². The van der Waals surface area contributed by atoms with Crippen LogP contribution in [0.5, 0.6) is 0 Å². The third-order valence-corrected chi connectivity index (χ3v) is 4.39. The van der Waals surface area contributed by atoms with Gasteiger partial charge in [0, 0.05) is 26.7 Å². The lowest BCUT2D eigenvalue weighted by Crippen LogP contribution is -2.57. The van der Waals surface area contributed by atoms with Crippen LogP contribution in [-0.2, 0) is 0 Å². The molecule has 0 spiro atoms. The smallest absolute Gasteiger partial charge is 0.138 e. The van der Waals surface area contributed by atoms with Gasteiger partial charge in [0.05, 0.1) is 12.6 Å². The Hall–Kier alpha value is -0.690. The quantitative estimate of drug-likeness (QED) is 0.563. The van der Waals surface area contributed by atoms with Crippen LogP contribution in [0.15, 0.2) is 18.5 Å². The first-order valence-corrected chi connectivity index (χ1v) is 7.04. The summed E-state index contributed by atoms with van der Waals surface area (Å²) in [5.74, 6) is 0.788. The minimum Gasteiger partial charge on any atom is -0.347 e. The van der Waals surface area contributed by atoms with Crippen molar-refractivity contribution >= 4 is 50.8 Å². The Morgan fingerprint density at radius 2 is 2.17 bits per heavy atom. The zero-order valence-corrected chi connectivity index (χ0v) is 12.5. The van der Waals surface area contributed by atoms with Crippen molar-refractivity contribution in [1.29, 1.82) is 0 Å². The summed E-state index contributed by atoms with van der Waals surface area (Å²) in [5, 5.41) is 2.39. The van der Waals surface area contributed by atoms with Gasteiger partial charge >= 0.3 is 0 Å². The molecule has 0 aromatic carbocycles. The van der Waals surface area contributed by atoms with E-state index in [1.165, 1.54) is 0 Å². The topological polar surface area (TPSA) is 29.0 Å². The number of hydrogen-bond donors (Lipinski definition) is 0. The standard InChI is InChI=1S/C12H10ClFIN3/c1-6-9(14)5-18(6)12-8-3-16-11(13)2-7(8)10(15)4-17-12/h2-4,6,9H,5H2,1H3/t6-,9-/m1/s1. The summed E-state index contributed by atoms with van der Waals surface area (Å²) in [6.45, 7) is 2.26. The van der Waals surface area contributed by atoms with Gasteiger partial charge < -0.3 is 4.90 Å². The molecule has 1 saturated heterocycles. The molecule has 0 radical (unpaired) electrons. The van der Waals surface area contributed by atoms with Crippen molar-refractivity contribution in [2.75, 3.05) is 11.4 Å². The molecule has 1 fully saturated rings. The van der Waals surface area contributed by atoms with Crippen molar-refractivity contribution in [3.05, 3.63) is 27.2 Å². The van der Waals surface area contributed by atoms with Gasteiger partial charge in [0.1, 0.15) is 17.1 Å². The lowest BCUT2D eigenvalue weighted by molar-refractivity contribution is 0.212. The number of halogens is 3. The molecular weight excluding hydrogens is 368 g/mol. The lowest BCUT2D eigenvalue weighted by atomic mass is 10.0. The van der Waals surface area contributed by atoms with Gasteiger partial charge in [-0.15, -0.1) is 0 Å². The summed E-state index contributed by atoms with van der Waals surface area (Å²) in [6, 6.07) is 1.69. The second-order valence-electron chi connectivity index (χ2n) is 4.39. The summed E-state index contributed by atoms with van der Waals surface area (Å²) < 4.78 is 14.3. The first-order valence-electron chi connectivity index (χ1n) is 5.58. The van der Waals surface area contributed by atoms with Crippen LogP contribution in [0, 0.1) is 3.57 Å². The molecule has 2 aromatic heterocycles. The highest BCUT2D eigenvalue weighted by atomic mass is 127. The highest BCUT2D eigenvalue weighted by Crippen LogP contribution is 2.34. The Labute approximate surface area is 122 Å². The minimum absolute atomic E-state index is 0.128. The van der Waals surface area contributed by atoms with Gasteiger partial charge in [-0.3, -0.25) is 0 Å². The first kappa shape index (κ1) is 12.3. The number of alkyl halides is 1. The average Bonchev–Trinajstić information content (AvgIpc) is 2.37. The number of nitrogens with zero attached hydrogens (tertiary/aromatic N) is 3. The molecule has 0 aliphatic carbocycles. The van der Waals surface area contributed by atoms with E-state index in [9.17, 15) is 4.39 Å². The summed E-state index contributed by atoms with van der Waals surface area (Å²) in [4.78, 5) is 10.5. The zero-order chi connectivity index (χ0) is 12.9. The van der Waals surface area contributed by atoms with Gasteiger partial charge in [-0.05, 0) is 35.6 Å². The lowest BCUT2D eigenvalue weighted by Gasteiger charge is -2.43. The third-order valence-electron chi connectivity index (χ3n) is 3.33. The van der Waals surface area contributed by atoms with Gasteiger partial charge in [0.2, 0.25) is 0 Å². The number of aromatic nitrogens is 2. The van der Waals surface area contributed by atoms with Crippen LogP contribution in [0.25, 0.3) is 10.8 Å². The molecule has 0 N–H and O–H groups in total. The molecule has 18 heavy (non-hydrogen) atoms. The summed E-state index contributed by atoms with van der Waals surface area (Å²) in [7, 11) is 0. The van der Waals surface area contributed by atoms with Crippen LogP contribution in [0.4, 0.5) is 10.2 Å². The van der Waals surface area contributed by atoms with Gasteiger partial charge in [-0.1, -0.05) is 11.6 Å². The Morgan fingerprint density at radius 1 is 1.39 bits per heavy atom. The van der Waals surface area contributed by atoms with Crippen LogP contribution < -0.4 is 4.90 Å². The Morgan fingerprint density at radius 3 is 2.83 bits per heavy atom. The number of rotatable bonds is 1. The van der Waals surface area contributed by atoms with Crippen LogP contribution in [-0.4, -0.2) is 28.7 Å². The fourth-order valence-corrected chi connectivity index (χ4v) is 2.88. The van der Waals surface area contributed by atoms with E-state index in [0.29, 0.717) is 11.7 Å². The summed E-state index contributed by atoms with van der Waals surface area (Å²) in [5.41, 5.74) is 0. The van der Waals surface area contributed by atoms with Gasteiger partial charge in [0.15, 0.2) is 0 Å². The van der Waals surface area contributed by atoms with Crippen molar-refractivity contribution in [3.8, 4) is 0 Å². The van der Waals surface area contributed by atoms with E-state index in [2.05, 4.69) is 32.6 Å². The second kappa shape index (κ2) is 4.45. The van der Waals surface area contributed by atoms with Gasteiger partial charge in [-0.25, -0.2) is 14.4 Å². The molecular formula is C12H10ClFIN3. The van der Waals surface area contributed by atoms with Crippen LogP contribution >= 0.6 is 34.2 Å².